The van der Waals surface area contributed by atoms with E-state index in [-0.39, 0.29) is 5.91 Å². The monoisotopic (exact) mass is 312 g/mol. The summed E-state index contributed by atoms with van der Waals surface area (Å²) in [6.45, 7) is 7.32. The van der Waals surface area contributed by atoms with Gasteiger partial charge in [0.1, 0.15) is 0 Å². The first kappa shape index (κ1) is 15.7. The molecule has 2 heterocycles. The number of rotatable bonds is 4. The number of benzene rings is 1. The Balaban J connectivity index is 1.70. The number of carbonyl (C=O) groups is 1. The predicted molar refractivity (Wildman–Crippen MR) is 92.6 cm³/mol. The third-order valence-corrected chi connectivity index (χ3v) is 4.40. The third-order valence-electron chi connectivity index (χ3n) is 4.40. The Morgan fingerprint density at radius 2 is 1.74 bits per heavy atom. The van der Waals surface area contributed by atoms with Crippen LogP contribution in [-0.2, 0) is 4.79 Å². The molecule has 0 N–H and O–H groups in total. The molecule has 1 aliphatic rings. The van der Waals surface area contributed by atoms with Gasteiger partial charge in [0.2, 0.25) is 5.91 Å². The number of hydrogen-bond acceptors (Lipinski definition) is 4. The Labute approximate surface area is 137 Å². The Morgan fingerprint density at radius 3 is 2.39 bits per heavy atom. The standard InChI is InChI=1S/C18H24N4O/c1-3-4-9-17(23)21-10-12-22(13-11-21)18-14(2)19-15-7-5-6-8-16(15)20-18/h5-8H,3-4,9-13H2,1-2H3. The summed E-state index contributed by atoms with van der Waals surface area (Å²) in [6, 6.07) is 7.95. The number of fused-ring (bicyclic) bond motifs is 1. The van der Waals surface area contributed by atoms with Crippen LogP contribution in [0, 0.1) is 6.92 Å². The van der Waals surface area contributed by atoms with E-state index < -0.39 is 0 Å². The Kier molecular flexibility index (Phi) is 4.74. The van der Waals surface area contributed by atoms with Crippen molar-refractivity contribution in [1.29, 1.82) is 0 Å². The first-order valence-corrected chi connectivity index (χ1v) is 8.45. The van der Waals surface area contributed by atoms with Crippen molar-refractivity contribution in [3.63, 3.8) is 0 Å². The topological polar surface area (TPSA) is 49.3 Å². The molecule has 2 aromatic rings. The summed E-state index contributed by atoms with van der Waals surface area (Å²) >= 11 is 0. The van der Waals surface area contributed by atoms with Crippen LogP contribution < -0.4 is 4.90 Å². The van der Waals surface area contributed by atoms with E-state index in [9.17, 15) is 4.79 Å². The van der Waals surface area contributed by atoms with Crippen molar-refractivity contribution in [2.75, 3.05) is 31.1 Å². The van der Waals surface area contributed by atoms with Crippen LogP contribution in [-0.4, -0.2) is 47.0 Å². The van der Waals surface area contributed by atoms with Crippen LogP contribution in [0.5, 0.6) is 0 Å². The van der Waals surface area contributed by atoms with Crippen LogP contribution in [0.4, 0.5) is 5.82 Å². The van der Waals surface area contributed by atoms with Crippen molar-refractivity contribution in [3.05, 3.63) is 30.0 Å². The number of piperazine rings is 1. The molecule has 0 radical (unpaired) electrons. The van der Waals surface area contributed by atoms with Gasteiger partial charge in [0.05, 0.1) is 16.7 Å². The smallest absolute Gasteiger partial charge is 0.222 e. The summed E-state index contributed by atoms with van der Waals surface area (Å²) in [5, 5.41) is 0. The normalized spacial score (nSPS) is 15.2. The Bertz CT molecular complexity index is 692. The summed E-state index contributed by atoms with van der Waals surface area (Å²) in [4.78, 5) is 25.8. The molecule has 1 saturated heterocycles. The second-order valence-electron chi connectivity index (χ2n) is 6.09. The van der Waals surface area contributed by atoms with E-state index in [0.29, 0.717) is 6.42 Å². The van der Waals surface area contributed by atoms with Crippen molar-refractivity contribution in [2.24, 2.45) is 0 Å². The van der Waals surface area contributed by atoms with E-state index in [1.807, 2.05) is 36.1 Å². The summed E-state index contributed by atoms with van der Waals surface area (Å²) < 4.78 is 0. The van der Waals surface area contributed by atoms with E-state index in [4.69, 9.17) is 4.98 Å². The van der Waals surface area contributed by atoms with Gasteiger partial charge in [0.15, 0.2) is 5.82 Å². The largest absolute Gasteiger partial charge is 0.352 e. The Hall–Kier alpha value is -2.17. The van der Waals surface area contributed by atoms with Gasteiger partial charge in [-0.1, -0.05) is 25.5 Å². The molecule has 1 aromatic heterocycles. The zero-order chi connectivity index (χ0) is 16.2. The highest BCUT2D eigenvalue weighted by Gasteiger charge is 2.23. The number of aryl methyl sites for hydroxylation is 1. The van der Waals surface area contributed by atoms with Gasteiger partial charge in [-0.25, -0.2) is 9.97 Å². The lowest BCUT2D eigenvalue weighted by Crippen LogP contribution is -2.49. The van der Waals surface area contributed by atoms with Gasteiger partial charge in [-0.15, -0.1) is 0 Å². The number of anilines is 1. The van der Waals surface area contributed by atoms with Gasteiger partial charge >= 0.3 is 0 Å². The van der Waals surface area contributed by atoms with Gasteiger partial charge in [-0.05, 0) is 25.5 Å². The number of hydrogen-bond donors (Lipinski definition) is 0. The number of para-hydroxylation sites is 2. The zero-order valence-electron chi connectivity index (χ0n) is 14.0. The molecule has 5 heteroatoms. The molecule has 3 rings (SSSR count). The molecule has 0 unspecified atom stereocenters. The van der Waals surface area contributed by atoms with Gasteiger partial charge in [-0.2, -0.15) is 0 Å². The minimum atomic E-state index is 0.285. The molecule has 1 aliphatic heterocycles. The lowest BCUT2D eigenvalue weighted by Gasteiger charge is -2.36. The molecule has 0 atom stereocenters. The fraction of sp³-hybridized carbons (Fsp3) is 0.500. The van der Waals surface area contributed by atoms with E-state index >= 15 is 0 Å². The van der Waals surface area contributed by atoms with E-state index in [2.05, 4.69) is 16.8 Å². The second-order valence-corrected chi connectivity index (χ2v) is 6.09. The zero-order valence-corrected chi connectivity index (χ0v) is 14.0. The molecular formula is C18H24N4O. The summed E-state index contributed by atoms with van der Waals surface area (Å²) in [5.74, 6) is 1.23. The summed E-state index contributed by atoms with van der Waals surface area (Å²) in [6.07, 6.45) is 2.72. The van der Waals surface area contributed by atoms with Gasteiger partial charge in [0.25, 0.3) is 0 Å². The van der Waals surface area contributed by atoms with E-state index in [0.717, 1.165) is 61.6 Å². The fourth-order valence-corrected chi connectivity index (χ4v) is 3.03. The number of nitrogens with zero attached hydrogens (tertiary/aromatic N) is 4. The molecule has 23 heavy (non-hydrogen) atoms. The maximum atomic E-state index is 12.1. The van der Waals surface area contributed by atoms with Gasteiger partial charge < -0.3 is 9.80 Å². The number of amides is 1. The predicted octanol–water partition coefficient (Wildman–Crippen LogP) is 2.78. The Morgan fingerprint density at radius 1 is 1.09 bits per heavy atom. The minimum absolute atomic E-state index is 0.285. The number of aromatic nitrogens is 2. The van der Waals surface area contributed by atoms with Crippen LogP contribution in [0.1, 0.15) is 31.9 Å². The lowest BCUT2D eigenvalue weighted by molar-refractivity contribution is -0.131. The van der Waals surface area contributed by atoms with E-state index in [1.165, 1.54) is 0 Å². The van der Waals surface area contributed by atoms with Crippen molar-refractivity contribution in [2.45, 2.75) is 33.1 Å². The van der Waals surface area contributed by atoms with Crippen molar-refractivity contribution in [3.8, 4) is 0 Å². The average molecular weight is 312 g/mol. The van der Waals surface area contributed by atoms with Crippen LogP contribution in [0.3, 0.4) is 0 Å². The highest BCUT2D eigenvalue weighted by molar-refractivity contribution is 5.77. The first-order chi connectivity index (χ1) is 11.2. The first-order valence-electron chi connectivity index (χ1n) is 8.45. The highest BCUT2D eigenvalue weighted by atomic mass is 16.2. The maximum Gasteiger partial charge on any atom is 0.222 e. The van der Waals surface area contributed by atoms with Crippen LogP contribution in [0.2, 0.25) is 0 Å². The minimum Gasteiger partial charge on any atom is -0.352 e. The quantitative estimate of drug-likeness (QED) is 0.871. The van der Waals surface area contributed by atoms with Crippen LogP contribution in [0.25, 0.3) is 11.0 Å². The van der Waals surface area contributed by atoms with Crippen molar-refractivity contribution in [1.82, 2.24) is 14.9 Å². The van der Waals surface area contributed by atoms with Crippen molar-refractivity contribution >= 4 is 22.8 Å². The SMILES string of the molecule is CCCCC(=O)N1CCN(c2nc3ccccc3nc2C)CC1. The van der Waals surface area contributed by atoms with Crippen LogP contribution >= 0.6 is 0 Å². The molecule has 1 fully saturated rings. The number of carbonyl (C=O) groups excluding carboxylic acids is 1. The summed E-state index contributed by atoms with van der Waals surface area (Å²) in [5.41, 5.74) is 2.81. The second kappa shape index (κ2) is 6.94. The highest BCUT2D eigenvalue weighted by Crippen LogP contribution is 2.21. The molecule has 0 aliphatic carbocycles. The van der Waals surface area contributed by atoms with Crippen molar-refractivity contribution < 1.29 is 4.79 Å². The molecule has 0 spiro atoms. The molecular weight excluding hydrogens is 288 g/mol. The molecule has 1 aromatic carbocycles. The average Bonchev–Trinajstić information content (AvgIpc) is 2.59. The molecule has 5 nitrogen and oxygen atoms in total. The van der Waals surface area contributed by atoms with E-state index in [1.54, 1.807) is 0 Å². The molecule has 0 saturated carbocycles. The maximum absolute atomic E-state index is 12.1. The van der Waals surface area contributed by atoms with Gasteiger partial charge in [0, 0.05) is 32.6 Å². The third kappa shape index (κ3) is 3.44. The molecule has 0 bridgehead atoms. The summed E-state index contributed by atoms with van der Waals surface area (Å²) in [7, 11) is 0. The number of unbranched alkanes of at least 4 members (excludes halogenated alkanes) is 1. The lowest BCUT2D eigenvalue weighted by atomic mass is 10.2. The molecule has 1 amide bonds. The van der Waals surface area contributed by atoms with Crippen LogP contribution in [0.15, 0.2) is 24.3 Å². The fourth-order valence-electron chi connectivity index (χ4n) is 3.03. The van der Waals surface area contributed by atoms with Gasteiger partial charge in [-0.3, -0.25) is 4.79 Å². The molecule has 122 valence electrons.